The van der Waals surface area contributed by atoms with Crippen LogP contribution >= 0.6 is 0 Å². The van der Waals surface area contributed by atoms with Crippen molar-refractivity contribution in [2.75, 3.05) is 25.6 Å². The summed E-state index contributed by atoms with van der Waals surface area (Å²) in [5, 5.41) is 2.99. The molecule has 2 atom stereocenters. The Bertz CT molecular complexity index is 538. The molecule has 1 fully saturated rings. The van der Waals surface area contributed by atoms with Crippen LogP contribution in [0, 0.1) is 0 Å². The number of hydrogen-bond donors (Lipinski definition) is 3. The Morgan fingerprint density at radius 1 is 1.41 bits per heavy atom. The van der Waals surface area contributed by atoms with Gasteiger partial charge in [-0.3, -0.25) is 0 Å². The van der Waals surface area contributed by atoms with E-state index in [9.17, 15) is 0 Å². The summed E-state index contributed by atoms with van der Waals surface area (Å²) in [5.41, 5.74) is 7.61. The Kier molecular flexibility index (Phi) is 2.45. The minimum absolute atomic E-state index is 0.0133. The highest BCUT2D eigenvalue weighted by Crippen LogP contribution is 2.24. The van der Waals surface area contributed by atoms with E-state index in [0.29, 0.717) is 18.9 Å². The van der Waals surface area contributed by atoms with Crippen LogP contribution in [0.25, 0.3) is 11.2 Å². The number of H-pyrrole nitrogens is 1. The molecular weight excluding hydrogens is 218 g/mol. The minimum Gasteiger partial charge on any atom is -0.379 e. The molecule has 0 aliphatic carbocycles. The molecule has 1 aliphatic heterocycles. The van der Waals surface area contributed by atoms with Gasteiger partial charge in [0.2, 0.25) is 0 Å². The number of nitrogens with two attached hydrogens (primary N) is 1. The number of ether oxygens (including phenoxy) is 1. The highest BCUT2D eigenvalue weighted by Gasteiger charge is 2.29. The summed E-state index contributed by atoms with van der Waals surface area (Å²) < 4.78 is 5.35. The number of nitrogens with one attached hydrogen (secondary N) is 2. The number of rotatable bonds is 2. The molecule has 2 aromatic rings. The summed E-state index contributed by atoms with van der Waals surface area (Å²) in [4.78, 5) is 12.1. The van der Waals surface area contributed by atoms with Gasteiger partial charge in [-0.05, 0) is 12.1 Å². The van der Waals surface area contributed by atoms with Crippen molar-refractivity contribution in [1.29, 1.82) is 0 Å². The van der Waals surface area contributed by atoms with E-state index >= 15 is 0 Å². The van der Waals surface area contributed by atoms with Crippen LogP contribution in [0.2, 0.25) is 0 Å². The zero-order valence-electron chi connectivity index (χ0n) is 9.60. The van der Waals surface area contributed by atoms with Gasteiger partial charge in [0.15, 0.2) is 5.65 Å². The average Bonchev–Trinajstić information content (AvgIpc) is 2.93. The molecule has 3 rings (SSSR count). The molecule has 0 amide bonds. The Morgan fingerprint density at radius 3 is 3.00 bits per heavy atom. The van der Waals surface area contributed by atoms with Crippen molar-refractivity contribution in [3.63, 3.8) is 0 Å². The first-order chi connectivity index (χ1) is 8.28. The summed E-state index contributed by atoms with van der Waals surface area (Å²) in [5.74, 6) is 1.82. The van der Waals surface area contributed by atoms with E-state index in [-0.39, 0.29) is 12.0 Å². The van der Waals surface area contributed by atoms with Gasteiger partial charge in [0, 0.05) is 13.1 Å². The number of hydrogen-bond acceptors (Lipinski definition) is 5. The second-order valence-corrected chi connectivity index (χ2v) is 4.25. The number of aromatic amines is 1. The van der Waals surface area contributed by atoms with Crippen LogP contribution in [-0.2, 0) is 4.74 Å². The van der Waals surface area contributed by atoms with Gasteiger partial charge in [-0.15, -0.1) is 0 Å². The van der Waals surface area contributed by atoms with Gasteiger partial charge in [-0.1, -0.05) is 0 Å². The van der Waals surface area contributed by atoms with Crippen LogP contribution in [-0.4, -0.2) is 41.3 Å². The van der Waals surface area contributed by atoms with Crippen molar-refractivity contribution in [1.82, 2.24) is 15.0 Å². The lowest BCUT2D eigenvalue weighted by Crippen LogP contribution is -2.27. The summed E-state index contributed by atoms with van der Waals surface area (Å²) in [6.07, 6.45) is 0. The van der Waals surface area contributed by atoms with Gasteiger partial charge in [-0.25, -0.2) is 9.97 Å². The van der Waals surface area contributed by atoms with E-state index in [1.807, 2.05) is 19.2 Å². The fraction of sp³-hybridized carbons (Fsp3) is 0.455. The molecule has 90 valence electrons. The minimum atomic E-state index is 0.0133. The van der Waals surface area contributed by atoms with E-state index in [0.717, 1.165) is 17.2 Å². The highest BCUT2D eigenvalue weighted by molar-refractivity contribution is 5.73. The van der Waals surface area contributed by atoms with Crippen molar-refractivity contribution in [3.05, 3.63) is 18.0 Å². The van der Waals surface area contributed by atoms with Crippen LogP contribution in [0.4, 0.5) is 5.82 Å². The Balaban J connectivity index is 2.01. The molecule has 2 unspecified atom stereocenters. The fourth-order valence-electron chi connectivity index (χ4n) is 2.08. The number of aromatic nitrogens is 3. The van der Waals surface area contributed by atoms with Crippen molar-refractivity contribution >= 4 is 17.0 Å². The van der Waals surface area contributed by atoms with Crippen molar-refractivity contribution in [2.45, 2.75) is 12.0 Å². The van der Waals surface area contributed by atoms with Gasteiger partial charge in [0.25, 0.3) is 0 Å². The van der Waals surface area contributed by atoms with Gasteiger partial charge in [-0.2, -0.15) is 0 Å². The van der Waals surface area contributed by atoms with E-state index in [1.54, 1.807) is 0 Å². The number of nitrogens with zero attached hydrogens (tertiary/aromatic N) is 2. The highest BCUT2D eigenvalue weighted by atomic mass is 16.5. The SMILES string of the molecule is CNc1ccc2[nH]c(C3COCC3N)nc2n1. The molecule has 0 aromatic carbocycles. The molecule has 2 aromatic heterocycles. The first-order valence-corrected chi connectivity index (χ1v) is 5.65. The molecule has 6 heteroatoms. The maximum absolute atomic E-state index is 5.97. The Morgan fingerprint density at radius 2 is 2.29 bits per heavy atom. The maximum atomic E-state index is 5.97. The van der Waals surface area contributed by atoms with Gasteiger partial charge in [0.05, 0.1) is 24.6 Å². The first kappa shape index (κ1) is 10.5. The van der Waals surface area contributed by atoms with Crippen LogP contribution < -0.4 is 11.1 Å². The third kappa shape index (κ3) is 1.75. The molecular formula is C11H15N5O. The average molecular weight is 233 g/mol. The summed E-state index contributed by atoms with van der Waals surface area (Å²) in [7, 11) is 1.84. The largest absolute Gasteiger partial charge is 0.379 e. The van der Waals surface area contributed by atoms with Crippen molar-refractivity contribution in [2.24, 2.45) is 5.73 Å². The molecule has 4 N–H and O–H groups in total. The second-order valence-electron chi connectivity index (χ2n) is 4.25. The standard InChI is InChI=1S/C11H15N5O/c1-13-9-3-2-8-11(15-9)16-10(14-8)6-4-17-5-7(6)12/h2-3,6-7H,4-5,12H2,1H3,(H2,13,14,15,16). The van der Waals surface area contributed by atoms with Crippen LogP contribution in [0.1, 0.15) is 11.7 Å². The monoisotopic (exact) mass is 233 g/mol. The van der Waals surface area contributed by atoms with Crippen molar-refractivity contribution < 1.29 is 4.74 Å². The third-order valence-corrected chi connectivity index (χ3v) is 3.10. The molecule has 17 heavy (non-hydrogen) atoms. The Labute approximate surface area is 98.6 Å². The maximum Gasteiger partial charge on any atom is 0.179 e. The topological polar surface area (TPSA) is 88.8 Å². The number of imidazole rings is 1. The summed E-state index contributed by atoms with van der Waals surface area (Å²) >= 11 is 0. The lowest BCUT2D eigenvalue weighted by molar-refractivity contribution is 0.190. The van der Waals surface area contributed by atoms with Crippen molar-refractivity contribution in [3.8, 4) is 0 Å². The predicted molar refractivity (Wildman–Crippen MR) is 65.0 cm³/mol. The van der Waals surface area contributed by atoms with Gasteiger partial charge < -0.3 is 20.8 Å². The molecule has 0 radical (unpaired) electrons. The lowest BCUT2D eigenvalue weighted by atomic mass is 10.0. The quantitative estimate of drug-likeness (QED) is 0.700. The molecule has 6 nitrogen and oxygen atoms in total. The molecule has 0 bridgehead atoms. The molecule has 1 aliphatic rings. The van der Waals surface area contributed by atoms with Crippen LogP contribution in [0.3, 0.4) is 0 Å². The lowest BCUT2D eigenvalue weighted by Gasteiger charge is -2.08. The third-order valence-electron chi connectivity index (χ3n) is 3.10. The number of pyridine rings is 1. The van der Waals surface area contributed by atoms with Gasteiger partial charge in [0.1, 0.15) is 11.6 Å². The van der Waals surface area contributed by atoms with Crippen LogP contribution in [0.15, 0.2) is 12.1 Å². The van der Waals surface area contributed by atoms with E-state index in [2.05, 4.69) is 20.3 Å². The second kappa shape index (κ2) is 3.97. The Hall–Kier alpha value is -1.66. The fourth-order valence-corrected chi connectivity index (χ4v) is 2.08. The van der Waals surface area contributed by atoms with E-state index in [4.69, 9.17) is 10.5 Å². The first-order valence-electron chi connectivity index (χ1n) is 5.65. The molecule has 0 saturated carbocycles. The van der Waals surface area contributed by atoms with Gasteiger partial charge >= 0.3 is 0 Å². The molecule has 3 heterocycles. The normalized spacial score (nSPS) is 24.4. The predicted octanol–water partition coefficient (Wildman–Crippen LogP) is 0.441. The molecule has 0 spiro atoms. The summed E-state index contributed by atoms with van der Waals surface area (Å²) in [6, 6.07) is 3.89. The number of fused-ring (bicyclic) bond motifs is 1. The van der Waals surface area contributed by atoms with E-state index < -0.39 is 0 Å². The molecule has 1 saturated heterocycles. The van der Waals surface area contributed by atoms with E-state index in [1.165, 1.54) is 0 Å². The summed E-state index contributed by atoms with van der Waals surface area (Å²) in [6.45, 7) is 1.22. The smallest absolute Gasteiger partial charge is 0.179 e. The number of anilines is 1. The van der Waals surface area contributed by atoms with Crippen LogP contribution in [0.5, 0.6) is 0 Å². The zero-order chi connectivity index (χ0) is 11.8. The zero-order valence-corrected chi connectivity index (χ0v) is 9.60.